The fraction of sp³-hybridized carbons (Fsp3) is 0.611. The van der Waals surface area contributed by atoms with Gasteiger partial charge >= 0.3 is 0 Å². The molecule has 4 heterocycles. The van der Waals surface area contributed by atoms with E-state index in [1.165, 1.54) is 16.1 Å². The minimum Gasteiger partial charge on any atom is -0.369 e. The summed E-state index contributed by atoms with van der Waals surface area (Å²) in [7, 11) is 2.10. The van der Waals surface area contributed by atoms with Crippen molar-refractivity contribution in [3.05, 3.63) is 38.6 Å². The summed E-state index contributed by atoms with van der Waals surface area (Å²) in [6.07, 6.45) is 5.07. The second kappa shape index (κ2) is 6.13. The van der Waals surface area contributed by atoms with Gasteiger partial charge in [0.2, 0.25) is 0 Å². The van der Waals surface area contributed by atoms with Gasteiger partial charge in [0, 0.05) is 37.3 Å². The Bertz CT molecular complexity index is 756. The zero-order valence-corrected chi connectivity index (χ0v) is 16.1. The zero-order chi connectivity index (χ0) is 16.9. The molecule has 1 fully saturated rings. The molecule has 0 amide bonds. The summed E-state index contributed by atoms with van der Waals surface area (Å²) in [6.45, 7) is 7.17. The van der Waals surface area contributed by atoms with E-state index in [1.54, 1.807) is 11.3 Å². The van der Waals surface area contributed by atoms with Crippen molar-refractivity contribution in [1.82, 2.24) is 14.5 Å². The first-order valence-electron chi connectivity index (χ1n) is 8.62. The molecular formula is C18H24ClN3OS. The third kappa shape index (κ3) is 2.71. The highest BCUT2D eigenvalue weighted by Gasteiger charge is 2.44. The first kappa shape index (κ1) is 16.6. The molecule has 0 aliphatic carbocycles. The van der Waals surface area contributed by atoms with Gasteiger partial charge in [0.25, 0.3) is 0 Å². The SMILES string of the molecule is Cc1ncc(CN2CCC3(C[C@@H]2C)OCCc2cc(Cl)sc23)n1C. The number of aromatic nitrogens is 2. The number of imidazole rings is 1. The molecule has 4 rings (SSSR count). The number of aryl methyl sites for hydroxylation is 1. The van der Waals surface area contributed by atoms with Gasteiger partial charge in [-0.15, -0.1) is 11.3 Å². The molecule has 24 heavy (non-hydrogen) atoms. The predicted octanol–water partition coefficient (Wildman–Crippen LogP) is 3.90. The maximum Gasteiger partial charge on any atom is 0.105 e. The smallest absolute Gasteiger partial charge is 0.105 e. The monoisotopic (exact) mass is 365 g/mol. The van der Waals surface area contributed by atoms with Crippen LogP contribution < -0.4 is 0 Å². The van der Waals surface area contributed by atoms with E-state index < -0.39 is 0 Å². The van der Waals surface area contributed by atoms with Crippen LogP contribution >= 0.6 is 22.9 Å². The third-order valence-corrected chi connectivity index (χ3v) is 7.17. The summed E-state index contributed by atoms with van der Waals surface area (Å²) in [6, 6.07) is 2.61. The van der Waals surface area contributed by atoms with Crippen LogP contribution in [0.1, 0.15) is 41.7 Å². The van der Waals surface area contributed by atoms with Crippen LogP contribution in [-0.4, -0.2) is 33.6 Å². The van der Waals surface area contributed by atoms with Gasteiger partial charge < -0.3 is 9.30 Å². The van der Waals surface area contributed by atoms with E-state index in [0.29, 0.717) is 6.04 Å². The van der Waals surface area contributed by atoms with E-state index in [0.717, 1.165) is 49.1 Å². The lowest BCUT2D eigenvalue weighted by Crippen LogP contribution is -2.50. The lowest BCUT2D eigenvalue weighted by molar-refractivity contribution is -0.110. The molecule has 2 aliphatic rings. The second-order valence-corrected chi connectivity index (χ2v) is 8.81. The summed E-state index contributed by atoms with van der Waals surface area (Å²) in [5.74, 6) is 1.07. The first-order valence-corrected chi connectivity index (χ1v) is 9.82. The average molecular weight is 366 g/mol. The number of ether oxygens (including phenoxy) is 1. The lowest BCUT2D eigenvalue weighted by Gasteiger charge is -2.47. The Morgan fingerprint density at radius 1 is 1.50 bits per heavy atom. The molecule has 0 saturated carbocycles. The van der Waals surface area contributed by atoms with E-state index in [2.05, 4.69) is 41.4 Å². The van der Waals surface area contributed by atoms with Crippen LogP contribution in [0.3, 0.4) is 0 Å². The summed E-state index contributed by atoms with van der Waals surface area (Å²) < 4.78 is 9.43. The fourth-order valence-electron chi connectivity index (χ4n) is 4.12. The van der Waals surface area contributed by atoms with Gasteiger partial charge in [0.15, 0.2) is 0 Å². The van der Waals surface area contributed by atoms with Crippen LogP contribution in [0.2, 0.25) is 4.34 Å². The Kier molecular flexibility index (Phi) is 4.23. The van der Waals surface area contributed by atoms with Crippen molar-refractivity contribution in [3.8, 4) is 0 Å². The number of hydrogen-bond donors (Lipinski definition) is 0. The average Bonchev–Trinajstić information content (AvgIpc) is 3.08. The molecular weight excluding hydrogens is 342 g/mol. The van der Waals surface area contributed by atoms with Gasteiger partial charge in [-0.25, -0.2) is 4.98 Å². The molecule has 4 nitrogen and oxygen atoms in total. The standard InChI is InChI=1S/C18H24ClN3OS/c1-12-9-18(17-14(4-7-23-18)8-16(19)24-17)5-6-22(12)11-15-10-20-13(2)21(15)3/h8,10,12H,4-7,9,11H2,1-3H3/t12-,18?/m0/s1. The Morgan fingerprint density at radius 3 is 3.04 bits per heavy atom. The van der Waals surface area contributed by atoms with E-state index >= 15 is 0 Å². The van der Waals surface area contributed by atoms with E-state index in [1.807, 2.05) is 6.20 Å². The zero-order valence-electron chi connectivity index (χ0n) is 14.5. The number of fused-ring (bicyclic) bond motifs is 2. The van der Waals surface area contributed by atoms with Crippen molar-refractivity contribution in [2.45, 2.75) is 51.3 Å². The molecule has 1 unspecified atom stereocenters. The molecule has 0 aromatic carbocycles. The van der Waals surface area contributed by atoms with E-state index in [9.17, 15) is 0 Å². The topological polar surface area (TPSA) is 30.3 Å². The summed E-state index contributed by atoms with van der Waals surface area (Å²) in [5, 5.41) is 0. The lowest BCUT2D eigenvalue weighted by atomic mass is 9.82. The first-order chi connectivity index (χ1) is 11.5. The van der Waals surface area contributed by atoms with Crippen LogP contribution in [0, 0.1) is 6.92 Å². The molecule has 2 aromatic heterocycles. The number of piperidine rings is 1. The van der Waals surface area contributed by atoms with Crippen LogP contribution in [0.25, 0.3) is 0 Å². The summed E-state index contributed by atoms with van der Waals surface area (Å²) >= 11 is 8.00. The van der Waals surface area contributed by atoms with Crippen molar-refractivity contribution in [2.75, 3.05) is 13.2 Å². The Balaban J connectivity index is 1.54. The van der Waals surface area contributed by atoms with Crippen molar-refractivity contribution in [1.29, 1.82) is 0 Å². The number of halogens is 1. The summed E-state index contributed by atoms with van der Waals surface area (Å²) in [4.78, 5) is 8.35. The largest absolute Gasteiger partial charge is 0.369 e. The molecule has 6 heteroatoms. The Morgan fingerprint density at radius 2 is 2.33 bits per heavy atom. The molecule has 2 aliphatic heterocycles. The van der Waals surface area contributed by atoms with Crippen LogP contribution in [-0.2, 0) is 30.4 Å². The van der Waals surface area contributed by atoms with Crippen molar-refractivity contribution in [2.24, 2.45) is 7.05 Å². The van der Waals surface area contributed by atoms with Crippen molar-refractivity contribution < 1.29 is 4.74 Å². The van der Waals surface area contributed by atoms with Gasteiger partial charge in [0.05, 0.1) is 16.6 Å². The normalized spacial score (nSPS) is 27.6. The van der Waals surface area contributed by atoms with Gasteiger partial charge in [0.1, 0.15) is 11.4 Å². The number of thiophene rings is 1. The third-order valence-electron chi connectivity index (χ3n) is 5.68. The molecule has 0 bridgehead atoms. The maximum atomic E-state index is 6.35. The van der Waals surface area contributed by atoms with Crippen LogP contribution in [0.5, 0.6) is 0 Å². The molecule has 0 N–H and O–H groups in total. The second-order valence-electron chi connectivity index (χ2n) is 7.13. The number of hydrogen-bond acceptors (Lipinski definition) is 4. The van der Waals surface area contributed by atoms with Crippen molar-refractivity contribution >= 4 is 22.9 Å². The predicted molar refractivity (Wildman–Crippen MR) is 97.7 cm³/mol. The van der Waals surface area contributed by atoms with Gasteiger partial charge in [-0.2, -0.15) is 0 Å². The molecule has 2 atom stereocenters. The quantitative estimate of drug-likeness (QED) is 0.808. The highest BCUT2D eigenvalue weighted by Crippen LogP contribution is 2.48. The number of likely N-dealkylation sites (tertiary alicyclic amines) is 1. The van der Waals surface area contributed by atoms with E-state index in [-0.39, 0.29) is 5.60 Å². The molecule has 0 radical (unpaired) electrons. The number of rotatable bonds is 2. The molecule has 130 valence electrons. The minimum atomic E-state index is -0.121. The van der Waals surface area contributed by atoms with Crippen LogP contribution in [0.4, 0.5) is 0 Å². The summed E-state index contributed by atoms with van der Waals surface area (Å²) in [5.41, 5.74) is 2.56. The van der Waals surface area contributed by atoms with Gasteiger partial charge in [-0.05, 0) is 44.7 Å². The molecule has 2 aromatic rings. The maximum absolute atomic E-state index is 6.35. The van der Waals surface area contributed by atoms with Crippen molar-refractivity contribution in [3.63, 3.8) is 0 Å². The molecule has 1 spiro atoms. The van der Waals surface area contributed by atoms with E-state index in [4.69, 9.17) is 16.3 Å². The molecule has 1 saturated heterocycles. The van der Waals surface area contributed by atoms with Gasteiger partial charge in [-0.3, -0.25) is 4.90 Å². The van der Waals surface area contributed by atoms with Crippen LogP contribution in [0.15, 0.2) is 12.3 Å². The fourth-order valence-corrected chi connectivity index (χ4v) is 5.60. The highest BCUT2D eigenvalue weighted by atomic mass is 35.5. The Hall–Kier alpha value is -0.880. The minimum absolute atomic E-state index is 0.121. The number of nitrogens with zero attached hydrogens (tertiary/aromatic N) is 3. The highest BCUT2D eigenvalue weighted by molar-refractivity contribution is 7.16. The Labute approximate surface area is 152 Å². The van der Waals surface area contributed by atoms with Gasteiger partial charge in [-0.1, -0.05) is 11.6 Å².